The Balaban J connectivity index is 2.50. The molecule has 0 saturated heterocycles. The van der Waals surface area contributed by atoms with Crippen molar-refractivity contribution in [2.75, 3.05) is 0 Å². The zero-order valence-electron chi connectivity index (χ0n) is 10.2. The lowest BCUT2D eigenvalue weighted by atomic mass is 9.83. The van der Waals surface area contributed by atoms with Crippen molar-refractivity contribution in [1.82, 2.24) is 0 Å². The van der Waals surface area contributed by atoms with Crippen LogP contribution in [-0.4, -0.2) is 11.2 Å². The van der Waals surface area contributed by atoms with Gasteiger partial charge in [0.15, 0.2) is 0 Å². The topological polar surface area (TPSA) is 20.2 Å². The fraction of sp³-hybridized carbons (Fsp3) is 1.00. The largest absolute Gasteiger partial charge is 0.393 e. The van der Waals surface area contributed by atoms with Crippen LogP contribution in [0.25, 0.3) is 0 Å². The number of hydrogen-bond donors (Lipinski definition) is 1. The molecule has 0 aromatic rings. The van der Waals surface area contributed by atoms with E-state index in [2.05, 4.69) is 27.7 Å². The van der Waals surface area contributed by atoms with Gasteiger partial charge in [-0.25, -0.2) is 0 Å². The first-order chi connectivity index (χ1) is 6.42. The zero-order valence-corrected chi connectivity index (χ0v) is 10.2. The maximum atomic E-state index is 10.0. The molecule has 2 atom stereocenters. The van der Waals surface area contributed by atoms with E-state index in [0.29, 0.717) is 17.3 Å². The van der Waals surface area contributed by atoms with Crippen molar-refractivity contribution in [2.45, 2.75) is 65.9 Å². The predicted molar refractivity (Wildman–Crippen MR) is 61.2 cm³/mol. The molecule has 0 aromatic heterocycles. The zero-order chi connectivity index (χ0) is 10.8. The van der Waals surface area contributed by atoms with Crippen molar-refractivity contribution in [3.63, 3.8) is 0 Å². The molecule has 0 bridgehead atoms. The van der Waals surface area contributed by atoms with Gasteiger partial charge < -0.3 is 5.11 Å². The van der Waals surface area contributed by atoms with Gasteiger partial charge in [0.1, 0.15) is 0 Å². The molecule has 1 heteroatoms. The summed E-state index contributed by atoms with van der Waals surface area (Å²) in [6.07, 6.45) is 6.26. The van der Waals surface area contributed by atoms with Crippen LogP contribution in [0.5, 0.6) is 0 Å². The van der Waals surface area contributed by atoms with Crippen molar-refractivity contribution < 1.29 is 5.11 Å². The van der Waals surface area contributed by atoms with Gasteiger partial charge in [-0.15, -0.1) is 0 Å². The van der Waals surface area contributed by atoms with Crippen LogP contribution in [-0.2, 0) is 0 Å². The Morgan fingerprint density at radius 1 is 1.14 bits per heavy atom. The van der Waals surface area contributed by atoms with Gasteiger partial charge in [0.25, 0.3) is 0 Å². The van der Waals surface area contributed by atoms with Gasteiger partial charge in [-0.1, -0.05) is 34.1 Å². The van der Waals surface area contributed by atoms with Gasteiger partial charge in [-0.05, 0) is 42.9 Å². The highest BCUT2D eigenvalue weighted by Gasteiger charge is 2.29. The van der Waals surface area contributed by atoms with Crippen LogP contribution >= 0.6 is 0 Å². The molecule has 2 unspecified atom stereocenters. The summed E-state index contributed by atoms with van der Waals surface area (Å²) >= 11 is 0. The average Bonchev–Trinajstić information content (AvgIpc) is 2.25. The first kappa shape index (κ1) is 12.0. The quantitative estimate of drug-likeness (QED) is 0.672. The van der Waals surface area contributed by atoms with Gasteiger partial charge in [-0.3, -0.25) is 0 Å². The van der Waals surface area contributed by atoms with Crippen LogP contribution in [0.1, 0.15) is 59.8 Å². The molecule has 1 aliphatic rings. The van der Waals surface area contributed by atoms with Gasteiger partial charge in [0, 0.05) is 0 Å². The predicted octanol–water partition coefficient (Wildman–Crippen LogP) is 3.61. The summed E-state index contributed by atoms with van der Waals surface area (Å²) in [6.45, 7) is 8.97. The second-order valence-electron chi connectivity index (χ2n) is 6.09. The lowest BCUT2D eigenvalue weighted by molar-refractivity contribution is 0.0557. The summed E-state index contributed by atoms with van der Waals surface area (Å²) in [7, 11) is 0. The van der Waals surface area contributed by atoms with Gasteiger partial charge in [0.2, 0.25) is 0 Å². The molecule has 1 nitrogen and oxygen atoms in total. The van der Waals surface area contributed by atoms with E-state index in [0.717, 1.165) is 0 Å². The Kier molecular flexibility index (Phi) is 4.00. The van der Waals surface area contributed by atoms with Crippen molar-refractivity contribution in [3.8, 4) is 0 Å². The third kappa shape index (κ3) is 3.27. The van der Waals surface area contributed by atoms with E-state index < -0.39 is 0 Å². The summed E-state index contributed by atoms with van der Waals surface area (Å²) in [4.78, 5) is 0. The molecular formula is C13H26O. The summed E-state index contributed by atoms with van der Waals surface area (Å²) < 4.78 is 0. The van der Waals surface area contributed by atoms with Gasteiger partial charge in [-0.2, -0.15) is 0 Å². The van der Waals surface area contributed by atoms with Crippen LogP contribution in [0.2, 0.25) is 0 Å². The minimum absolute atomic E-state index is 0.0797. The monoisotopic (exact) mass is 198 g/mol. The van der Waals surface area contributed by atoms with Crippen LogP contribution < -0.4 is 0 Å². The SMILES string of the molecule is CC(C)C(O)C1CCCC(C)(C)CC1. The van der Waals surface area contributed by atoms with E-state index in [9.17, 15) is 5.11 Å². The number of rotatable bonds is 2. The molecule has 0 aromatic carbocycles. The van der Waals surface area contributed by atoms with Crippen LogP contribution in [0, 0.1) is 17.3 Å². The standard InChI is InChI=1S/C13H26O/c1-10(2)12(14)11-6-5-8-13(3,4)9-7-11/h10-12,14H,5-9H2,1-4H3. The fourth-order valence-corrected chi connectivity index (χ4v) is 2.57. The minimum Gasteiger partial charge on any atom is -0.393 e. The van der Waals surface area contributed by atoms with Crippen molar-refractivity contribution in [2.24, 2.45) is 17.3 Å². The average molecular weight is 198 g/mol. The fourth-order valence-electron chi connectivity index (χ4n) is 2.57. The molecule has 1 rings (SSSR count). The first-order valence-electron chi connectivity index (χ1n) is 6.10. The lowest BCUT2D eigenvalue weighted by Gasteiger charge is -2.25. The third-order valence-electron chi connectivity index (χ3n) is 3.79. The van der Waals surface area contributed by atoms with Gasteiger partial charge >= 0.3 is 0 Å². The molecule has 0 amide bonds. The van der Waals surface area contributed by atoms with E-state index in [4.69, 9.17) is 0 Å². The van der Waals surface area contributed by atoms with Crippen LogP contribution in [0.3, 0.4) is 0 Å². The second kappa shape index (κ2) is 4.65. The minimum atomic E-state index is -0.0797. The normalized spacial score (nSPS) is 30.0. The highest BCUT2D eigenvalue weighted by molar-refractivity contribution is 4.80. The molecule has 0 aliphatic heterocycles. The Hall–Kier alpha value is -0.0400. The summed E-state index contributed by atoms with van der Waals surface area (Å²) in [5.74, 6) is 0.970. The molecule has 1 aliphatic carbocycles. The highest BCUT2D eigenvalue weighted by Crippen LogP contribution is 2.38. The van der Waals surface area contributed by atoms with E-state index >= 15 is 0 Å². The molecular weight excluding hydrogens is 172 g/mol. The molecule has 1 fully saturated rings. The van der Waals surface area contributed by atoms with E-state index in [-0.39, 0.29) is 6.10 Å². The summed E-state index contributed by atoms with van der Waals surface area (Å²) in [6, 6.07) is 0. The number of hydrogen-bond acceptors (Lipinski definition) is 1. The molecule has 0 radical (unpaired) electrons. The second-order valence-corrected chi connectivity index (χ2v) is 6.09. The Bertz CT molecular complexity index is 172. The maximum Gasteiger partial charge on any atom is 0.0591 e. The van der Waals surface area contributed by atoms with Crippen molar-refractivity contribution >= 4 is 0 Å². The molecule has 1 N–H and O–H groups in total. The van der Waals surface area contributed by atoms with Gasteiger partial charge in [0.05, 0.1) is 6.10 Å². The first-order valence-corrected chi connectivity index (χ1v) is 6.10. The van der Waals surface area contributed by atoms with Crippen molar-refractivity contribution in [1.29, 1.82) is 0 Å². The molecule has 84 valence electrons. The summed E-state index contributed by atoms with van der Waals surface area (Å²) in [5, 5.41) is 10.0. The summed E-state index contributed by atoms with van der Waals surface area (Å²) in [5.41, 5.74) is 0.505. The molecule has 1 saturated carbocycles. The van der Waals surface area contributed by atoms with Crippen LogP contribution in [0.15, 0.2) is 0 Å². The van der Waals surface area contributed by atoms with Crippen molar-refractivity contribution in [3.05, 3.63) is 0 Å². The maximum absolute atomic E-state index is 10.0. The third-order valence-corrected chi connectivity index (χ3v) is 3.79. The lowest BCUT2D eigenvalue weighted by Crippen LogP contribution is -2.25. The smallest absolute Gasteiger partial charge is 0.0591 e. The molecule has 14 heavy (non-hydrogen) atoms. The van der Waals surface area contributed by atoms with E-state index in [1.165, 1.54) is 32.1 Å². The Morgan fingerprint density at radius 2 is 1.79 bits per heavy atom. The van der Waals surface area contributed by atoms with E-state index in [1.54, 1.807) is 0 Å². The number of aliphatic hydroxyl groups is 1. The molecule has 0 heterocycles. The Labute approximate surface area is 88.9 Å². The van der Waals surface area contributed by atoms with E-state index in [1.807, 2.05) is 0 Å². The molecule has 0 spiro atoms. The number of aliphatic hydroxyl groups excluding tert-OH is 1. The van der Waals surface area contributed by atoms with Crippen LogP contribution in [0.4, 0.5) is 0 Å². The Morgan fingerprint density at radius 3 is 2.36 bits per heavy atom. The highest BCUT2D eigenvalue weighted by atomic mass is 16.3.